The highest BCUT2D eigenvalue weighted by Gasteiger charge is 2.20. The van der Waals surface area contributed by atoms with Crippen molar-refractivity contribution in [1.82, 2.24) is 5.32 Å². The van der Waals surface area contributed by atoms with Crippen LogP contribution < -0.4 is 10.1 Å². The lowest BCUT2D eigenvalue weighted by atomic mass is 10.0. The van der Waals surface area contributed by atoms with Gasteiger partial charge in [-0.15, -0.1) is 0 Å². The van der Waals surface area contributed by atoms with E-state index < -0.39 is 15.9 Å². The van der Waals surface area contributed by atoms with E-state index in [1.165, 1.54) is 6.26 Å². The second-order valence-electron chi connectivity index (χ2n) is 6.39. The van der Waals surface area contributed by atoms with E-state index in [1.54, 1.807) is 31.2 Å². The fourth-order valence-electron chi connectivity index (χ4n) is 2.60. The second-order valence-corrected chi connectivity index (χ2v) is 8.40. The minimum absolute atomic E-state index is 0.209. The smallest absolute Gasteiger partial charge is 0.261 e. The van der Waals surface area contributed by atoms with Gasteiger partial charge in [-0.1, -0.05) is 31.2 Å². The Kier molecular flexibility index (Phi) is 6.42. The molecule has 5 nitrogen and oxygen atoms in total. The first-order chi connectivity index (χ1) is 12.2. The monoisotopic (exact) mass is 375 g/mol. The van der Waals surface area contributed by atoms with E-state index in [4.69, 9.17) is 4.74 Å². The summed E-state index contributed by atoms with van der Waals surface area (Å²) in [6, 6.07) is 13.9. The van der Waals surface area contributed by atoms with Crippen LogP contribution in [0.5, 0.6) is 5.75 Å². The second kappa shape index (κ2) is 8.36. The van der Waals surface area contributed by atoms with E-state index >= 15 is 0 Å². The zero-order valence-electron chi connectivity index (χ0n) is 15.5. The standard InChI is InChI=1S/C20H25NO4S/c1-5-19(16-9-11-18(12-10-16)26(4,23)24)21-20(22)15(3)25-17-8-6-7-14(2)13-17/h6-13,15,19H,5H2,1-4H3,(H,21,22). The summed E-state index contributed by atoms with van der Waals surface area (Å²) in [6.07, 6.45) is 1.22. The zero-order chi connectivity index (χ0) is 19.3. The Morgan fingerprint density at radius 1 is 1.15 bits per heavy atom. The van der Waals surface area contributed by atoms with E-state index in [0.29, 0.717) is 12.2 Å². The number of aryl methyl sites for hydroxylation is 1. The maximum atomic E-state index is 12.5. The summed E-state index contributed by atoms with van der Waals surface area (Å²) in [7, 11) is -3.23. The normalized spacial score (nSPS) is 13.7. The number of carbonyl (C=O) groups excluding carboxylic acids is 1. The molecule has 0 aliphatic rings. The molecule has 1 N–H and O–H groups in total. The van der Waals surface area contributed by atoms with Gasteiger partial charge in [-0.05, 0) is 55.7 Å². The largest absolute Gasteiger partial charge is 0.481 e. The molecule has 2 rings (SSSR count). The van der Waals surface area contributed by atoms with Crippen molar-refractivity contribution in [2.45, 2.75) is 44.2 Å². The maximum absolute atomic E-state index is 12.5. The quantitative estimate of drug-likeness (QED) is 0.805. The van der Waals surface area contributed by atoms with Gasteiger partial charge in [-0.25, -0.2) is 8.42 Å². The molecule has 140 valence electrons. The summed E-state index contributed by atoms with van der Waals surface area (Å²) in [5, 5.41) is 2.96. The number of amides is 1. The fraction of sp³-hybridized carbons (Fsp3) is 0.350. The number of rotatable bonds is 7. The summed E-state index contributed by atoms with van der Waals surface area (Å²) in [5.74, 6) is 0.434. The molecule has 0 fully saturated rings. The summed E-state index contributed by atoms with van der Waals surface area (Å²) in [5.41, 5.74) is 1.92. The van der Waals surface area contributed by atoms with Gasteiger partial charge in [-0.3, -0.25) is 4.79 Å². The number of sulfone groups is 1. The molecule has 0 aliphatic heterocycles. The van der Waals surface area contributed by atoms with Crippen LogP contribution >= 0.6 is 0 Å². The maximum Gasteiger partial charge on any atom is 0.261 e. The number of carbonyl (C=O) groups is 1. The molecule has 0 aromatic heterocycles. The van der Waals surface area contributed by atoms with Crippen LogP contribution in [0.2, 0.25) is 0 Å². The lowest BCUT2D eigenvalue weighted by molar-refractivity contribution is -0.128. The van der Waals surface area contributed by atoms with Crippen LogP contribution in [0, 0.1) is 6.92 Å². The molecule has 0 bridgehead atoms. The van der Waals surface area contributed by atoms with Crippen molar-refractivity contribution in [3.8, 4) is 5.75 Å². The van der Waals surface area contributed by atoms with Gasteiger partial charge in [0.2, 0.25) is 0 Å². The Morgan fingerprint density at radius 3 is 2.35 bits per heavy atom. The van der Waals surface area contributed by atoms with Crippen LogP contribution in [0.1, 0.15) is 37.4 Å². The molecule has 6 heteroatoms. The van der Waals surface area contributed by atoms with Crippen molar-refractivity contribution in [1.29, 1.82) is 0 Å². The number of ether oxygens (including phenoxy) is 1. The van der Waals surface area contributed by atoms with Gasteiger partial charge in [0.1, 0.15) is 5.75 Å². The van der Waals surface area contributed by atoms with Gasteiger partial charge >= 0.3 is 0 Å². The molecule has 2 unspecified atom stereocenters. The molecule has 0 saturated heterocycles. The lowest BCUT2D eigenvalue weighted by Gasteiger charge is -2.21. The molecule has 0 aliphatic carbocycles. The molecule has 2 aromatic carbocycles. The Labute approximate surface area is 155 Å². The van der Waals surface area contributed by atoms with Gasteiger partial charge in [-0.2, -0.15) is 0 Å². The van der Waals surface area contributed by atoms with Gasteiger partial charge < -0.3 is 10.1 Å². The molecule has 0 radical (unpaired) electrons. The molecular formula is C20H25NO4S. The molecule has 1 amide bonds. The van der Waals surface area contributed by atoms with Gasteiger partial charge in [0, 0.05) is 6.26 Å². The van der Waals surface area contributed by atoms with E-state index in [2.05, 4.69) is 5.32 Å². The average molecular weight is 375 g/mol. The van der Waals surface area contributed by atoms with Crippen LogP contribution in [-0.2, 0) is 14.6 Å². The Bertz CT molecular complexity index is 860. The lowest BCUT2D eigenvalue weighted by Crippen LogP contribution is -2.38. The summed E-state index contributed by atoms with van der Waals surface area (Å²) >= 11 is 0. The summed E-state index contributed by atoms with van der Waals surface area (Å²) < 4.78 is 28.8. The summed E-state index contributed by atoms with van der Waals surface area (Å²) in [4.78, 5) is 12.7. The van der Waals surface area contributed by atoms with Crippen molar-refractivity contribution in [3.05, 3.63) is 59.7 Å². The SMILES string of the molecule is CCC(NC(=O)C(C)Oc1cccc(C)c1)c1ccc(S(C)(=O)=O)cc1. The molecule has 2 atom stereocenters. The Hall–Kier alpha value is -2.34. The first-order valence-electron chi connectivity index (χ1n) is 8.54. The molecule has 2 aromatic rings. The zero-order valence-corrected chi connectivity index (χ0v) is 16.3. The highest BCUT2D eigenvalue weighted by molar-refractivity contribution is 7.90. The number of hydrogen-bond donors (Lipinski definition) is 1. The van der Waals surface area contributed by atoms with Crippen molar-refractivity contribution in [2.24, 2.45) is 0 Å². The number of nitrogens with one attached hydrogen (secondary N) is 1. The van der Waals surface area contributed by atoms with E-state index in [-0.39, 0.29) is 16.8 Å². The third kappa shape index (κ3) is 5.33. The van der Waals surface area contributed by atoms with E-state index in [1.807, 2.05) is 38.1 Å². The minimum Gasteiger partial charge on any atom is -0.481 e. The molecule has 0 spiro atoms. The predicted octanol–water partition coefficient (Wildman–Crippen LogP) is 3.43. The number of hydrogen-bond acceptors (Lipinski definition) is 4. The number of benzene rings is 2. The van der Waals surface area contributed by atoms with Gasteiger partial charge in [0.25, 0.3) is 5.91 Å². The van der Waals surface area contributed by atoms with Crippen molar-refractivity contribution >= 4 is 15.7 Å². The minimum atomic E-state index is -3.23. The van der Waals surface area contributed by atoms with Crippen molar-refractivity contribution in [3.63, 3.8) is 0 Å². The average Bonchev–Trinajstić information content (AvgIpc) is 2.58. The van der Waals surface area contributed by atoms with Gasteiger partial charge in [0.05, 0.1) is 10.9 Å². The Morgan fingerprint density at radius 2 is 1.81 bits per heavy atom. The topological polar surface area (TPSA) is 72.5 Å². The van der Waals surface area contributed by atoms with Gasteiger partial charge in [0.15, 0.2) is 15.9 Å². The van der Waals surface area contributed by atoms with Crippen LogP contribution in [0.3, 0.4) is 0 Å². The Balaban J connectivity index is 2.05. The van der Waals surface area contributed by atoms with Crippen molar-refractivity contribution < 1.29 is 17.9 Å². The predicted molar refractivity (Wildman–Crippen MR) is 102 cm³/mol. The van der Waals surface area contributed by atoms with E-state index in [0.717, 1.165) is 11.1 Å². The molecule has 26 heavy (non-hydrogen) atoms. The van der Waals surface area contributed by atoms with Crippen LogP contribution in [0.4, 0.5) is 0 Å². The summed E-state index contributed by atoms with van der Waals surface area (Å²) in [6.45, 7) is 5.63. The third-order valence-corrected chi connectivity index (χ3v) is 5.24. The van der Waals surface area contributed by atoms with Crippen molar-refractivity contribution in [2.75, 3.05) is 6.26 Å². The highest BCUT2D eigenvalue weighted by atomic mass is 32.2. The molecular weight excluding hydrogens is 350 g/mol. The molecule has 0 saturated carbocycles. The van der Waals surface area contributed by atoms with Crippen LogP contribution in [0.25, 0.3) is 0 Å². The first kappa shape index (κ1) is 20.0. The first-order valence-corrected chi connectivity index (χ1v) is 10.4. The fourth-order valence-corrected chi connectivity index (χ4v) is 3.23. The third-order valence-electron chi connectivity index (χ3n) is 4.11. The van der Waals surface area contributed by atoms with Crippen LogP contribution in [-0.4, -0.2) is 26.7 Å². The molecule has 0 heterocycles. The van der Waals surface area contributed by atoms with Crippen LogP contribution in [0.15, 0.2) is 53.4 Å². The highest BCUT2D eigenvalue weighted by Crippen LogP contribution is 2.20. The van der Waals surface area contributed by atoms with E-state index in [9.17, 15) is 13.2 Å².